The van der Waals surface area contributed by atoms with Gasteiger partial charge in [-0.25, -0.2) is 0 Å². The number of ether oxygens (including phenoxy) is 1. The smallest absolute Gasteiger partial charge is 0.226 e. The average molecular weight is 301 g/mol. The predicted octanol–water partition coefficient (Wildman–Crippen LogP) is 2.48. The zero-order valence-corrected chi connectivity index (χ0v) is 12.6. The van der Waals surface area contributed by atoms with Gasteiger partial charge in [0, 0.05) is 38.0 Å². The number of carbonyl (C=O) groups is 2. The van der Waals surface area contributed by atoms with Crippen LogP contribution in [0.3, 0.4) is 0 Å². The van der Waals surface area contributed by atoms with Gasteiger partial charge in [-0.2, -0.15) is 0 Å². The van der Waals surface area contributed by atoms with Gasteiger partial charge in [0.1, 0.15) is 5.75 Å². The van der Waals surface area contributed by atoms with Crippen LogP contribution >= 0.6 is 0 Å². The Kier molecular flexibility index (Phi) is 5.19. The Balaban J connectivity index is 2.02. The van der Waals surface area contributed by atoms with E-state index in [9.17, 15) is 9.59 Å². The number of aromatic nitrogens is 1. The largest absolute Gasteiger partial charge is 0.495 e. The number of methoxy groups -OCH3 is 1. The van der Waals surface area contributed by atoms with Crippen molar-refractivity contribution in [2.75, 3.05) is 17.7 Å². The monoisotopic (exact) mass is 301 g/mol. The van der Waals surface area contributed by atoms with Crippen LogP contribution in [0.25, 0.3) is 0 Å². The molecule has 0 spiro atoms. The maximum Gasteiger partial charge on any atom is 0.226 e. The third-order valence-electron chi connectivity index (χ3n) is 3.06. The van der Waals surface area contributed by atoms with Crippen LogP contribution in [0.2, 0.25) is 0 Å². The van der Waals surface area contributed by atoms with Crippen molar-refractivity contribution >= 4 is 23.2 Å². The molecule has 2 aromatic rings. The number of nitrogens with zero attached hydrogens (tertiary/aromatic N) is 1. The third-order valence-corrected chi connectivity index (χ3v) is 3.06. The molecule has 1 aromatic heterocycles. The van der Waals surface area contributed by atoms with E-state index in [0.717, 1.165) is 0 Å². The van der Waals surface area contributed by atoms with Crippen molar-refractivity contribution in [3.63, 3.8) is 0 Å². The summed E-state index contributed by atoms with van der Waals surface area (Å²) in [4.78, 5) is 23.1. The first-order valence-corrected chi connectivity index (χ1v) is 6.94. The number of aryl methyl sites for hydroxylation is 1. The standard InChI is InChI=1S/C16H19N3O3/c1-12(20)17-13-5-6-15(22-2)14(11-13)18-16(21)7-10-19-8-3-4-9-19/h3-6,8-9,11H,7,10H2,1-2H3,(H,17,20)(H,18,21). The fourth-order valence-corrected chi connectivity index (χ4v) is 2.05. The molecule has 1 heterocycles. The summed E-state index contributed by atoms with van der Waals surface area (Å²) in [5, 5.41) is 5.48. The normalized spacial score (nSPS) is 10.1. The number of anilines is 2. The zero-order chi connectivity index (χ0) is 15.9. The molecule has 0 atom stereocenters. The number of hydrogen-bond acceptors (Lipinski definition) is 3. The molecule has 0 radical (unpaired) electrons. The van der Waals surface area contributed by atoms with E-state index in [1.807, 2.05) is 29.1 Å². The van der Waals surface area contributed by atoms with Gasteiger partial charge >= 0.3 is 0 Å². The number of benzene rings is 1. The van der Waals surface area contributed by atoms with E-state index in [-0.39, 0.29) is 11.8 Å². The number of hydrogen-bond donors (Lipinski definition) is 2. The molecular formula is C16H19N3O3. The van der Waals surface area contributed by atoms with Crippen LogP contribution in [0.15, 0.2) is 42.7 Å². The van der Waals surface area contributed by atoms with Crippen LogP contribution in [-0.2, 0) is 16.1 Å². The van der Waals surface area contributed by atoms with Gasteiger partial charge in [0.15, 0.2) is 0 Å². The molecule has 2 amide bonds. The fourth-order valence-electron chi connectivity index (χ4n) is 2.05. The second-order valence-corrected chi connectivity index (χ2v) is 4.82. The van der Waals surface area contributed by atoms with Crippen LogP contribution in [0.5, 0.6) is 5.75 Å². The number of rotatable bonds is 6. The van der Waals surface area contributed by atoms with E-state index in [2.05, 4.69) is 10.6 Å². The van der Waals surface area contributed by atoms with Crippen molar-refractivity contribution in [1.29, 1.82) is 0 Å². The summed E-state index contributed by atoms with van der Waals surface area (Å²) in [6.45, 7) is 2.03. The Morgan fingerprint density at radius 2 is 1.91 bits per heavy atom. The minimum atomic E-state index is -0.171. The van der Waals surface area contributed by atoms with Crippen LogP contribution in [0.4, 0.5) is 11.4 Å². The number of amides is 2. The lowest BCUT2D eigenvalue weighted by molar-refractivity contribution is -0.116. The molecule has 0 bridgehead atoms. The second-order valence-electron chi connectivity index (χ2n) is 4.82. The highest BCUT2D eigenvalue weighted by atomic mass is 16.5. The van der Waals surface area contributed by atoms with Crippen molar-refractivity contribution in [2.24, 2.45) is 0 Å². The quantitative estimate of drug-likeness (QED) is 0.861. The lowest BCUT2D eigenvalue weighted by Gasteiger charge is -2.12. The van der Waals surface area contributed by atoms with Crippen LogP contribution in [0, 0.1) is 0 Å². The summed E-state index contributed by atoms with van der Waals surface area (Å²) in [5.74, 6) is 0.255. The van der Waals surface area contributed by atoms with Crippen molar-refractivity contribution in [1.82, 2.24) is 4.57 Å². The molecule has 0 aliphatic rings. The Labute approximate surface area is 129 Å². The highest BCUT2D eigenvalue weighted by Crippen LogP contribution is 2.28. The molecule has 2 rings (SSSR count). The molecule has 0 unspecified atom stereocenters. The van der Waals surface area contributed by atoms with Crippen molar-refractivity contribution in [2.45, 2.75) is 19.9 Å². The van der Waals surface area contributed by atoms with E-state index in [1.165, 1.54) is 14.0 Å². The highest BCUT2D eigenvalue weighted by Gasteiger charge is 2.09. The first-order chi connectivity index (χ1) is 10.6. The molecule has 0 fully saturated rings. The minimum Gasteiger partial charge on any atom is -0.495 e. The summed E-state index contributed by atoms with van der Waals surface area (Å²) in [6, 6.07) is 8.92. The van der Waals surface area contributed by atoms with Crippen LogP contribution in [0.1, 0.15) is 13.3 Å². The van der Waals surface area contributed by atoms with Gasteiger partial charge in [0.2, 0.25) is 11.8 Å². The molecule has 6 heteroatoms. The minimum absolute atomic E-state index is 0.119. The molecule has 2 N–H and O–H groups in total. The molecule has 0 saturated heterocycles. The molecule has 0 aliphatic carbocycles. The van der Waals surface area contributed by atoms with E-state index in [4.69, 9.17) is 4.74 Å². The third kappa shape index (κ3) is 4.37. The maximum atomic E-state index is 12.0. The van der Waals surface area contributed by atoms with Crippen LogP contribution in [-0.4, -0.2) is 23.5 Å². The van der Waals surface area contributed by atoms with Gasteiger partial charge in [-0.1, -0.05) is 0 Å². The fraction of sp³-hybridized carbons (Fsp3) is 0.250. The summed E-state index contributed by atoms with van der Waals surface area (Å²) in [7, 11) is 1.53. The van der Waals surface area contributed by atoms with Gasteiger partial charge in [-0.05, 0) is 30.3 Å². The van der Waals surface area contributed by atoms with Gasteiger partial charge in [-0.3, -0.25) is 9.59 Å². The summed E-state index contributed by atoms with van der Waals surface area (Å²) in [6.07, 6.45) is 4.17. The maximum absolute atomic E-state index is 12.0. The summed E-state index contributed by atoms with van der Waals surface area (Å²) < 4.78 is 7.16. The van der Waals surface area contributed by atoms with Gasteiger partial charge < -0.3 is 19.9 Å². The van der Waals surface area contributed by atoms with E-state index >= 15 is 0 Å². The van der Waals surface area contributed by atoms with Gasteiger partial charge in [-0.15, -0.1) is 0 Å². The number of nitrogens with one attached hydrogen (secondary N) is 2. The van der Waals surface area contributed by atoms with E-state index in [1.54, 1.807) is 18.2 Å². The zero-order valence-electron chi connectivity index (χ0n) is 12.6. The van der Waals surface area contributed by atoms with Crippen molar-refractivity contribution in [3.05, 3.63) is 42.7 Å². The van der Waals surface area contributed by atoms with Gasteiger partial charge in [0.25, 0.3) is 0 Å². The summed E-state index contributed by atoms with van der Waals surface area (Å²) in [5.41, 5.74) is 1.14. The molecule has 0 saturated carbocycles. The first kappa shape index (κ1) is 15.6. The molecule has 116 valence electrons. The van der Waals surface area contributed by atoms with Crippen molar-refractivity contribution < 1.29 is 14.3 Å². The molecule has 0 aliphatic heterocycles. The van der Waals surface area contributed by atoms with Crippen molar-refractivity contribution in [3.8, 4) is 5.75 Å². The van der Waals surface area contributed by atoms with E-state index < -0.39 is 0 Å². The molecule has 22 heavy (non-hydrogen) atoms. The predicted molar refractivity (Wildman–Crippen MR) is 85.0 cm³/mol. The lowest BCUT2D eigenvalue weighted by atomic mass is 10.2. The highest BCUT2D eigenvalue weighted by molar-refractivity contribution is 5.94. The molecule has 6 nitrogen and oxygen atoms in total. The SMILES string of the molecule is COc1ccc(NC(C)=O)cc1NC(=O)CCn1cccc1. The molecular weight excluding hydrogens is 282 g/mol. The van der Waals surface area contributed by atoms with E-state index in [0.29, 0.717) is 30.1 Å². The Morgan fingerprint density at radius 1 is 1.18 bits per heavy atom. The average Bonchev–Trinajstić information content (AvgIpc) is 2.98. The Hall–Kier alpha value is -2.76. The topological polar surface area (TPSA) is 72.4 Å². The second kappa shape index (κ2) is 7.31. The Morgan fingerprint density at radius 3 is 2.55 bits per heavy atom. The first-order valence-electron chi connectivity index (χ1n) is 6.94. The van der Waals surface area contributed by atoms with Gasteiger partial charge in [0.05, 0.1) is 12.8 Å². The number of carbonyl (C=O) groups excluding carboxylic acids is 2. The Bertz CT molecular complexity index is 651. The van der Waals surface area contributed by atoms with Crippen LogP contribution < -0.4 is 15.4 Å². The lowest BCUT2D eigenvalue weighted by Crippen LogP contribution is -2.15. The molecule has 1 aromatic carbocycles. The summed E-state index contributed by atoms with van der Waals surface area (Å²) >= 11 is 0.